The minimum atomic E-state index is 0.199. The monoisotopic (exact) mass is 291 g/mol. The Kier molecular flexibility index (Phi) is 3.46. The molecule has 1 aliphatic rings. The molecule has 4 heteroatoms. The van der Waals surface area contributed by atoms with Crippen molar-refractivity contribution in [2.75, 3.05) is 6.54 Å². The molecule has 2 aromatic rings. The van der Waals surface area contributed by atoms with Gasteiger partial charge in [-0.1, -0.05) is 6.92 Å². The molecule has 3 rings (SSSR count). The number of carbonyl (C=O) groups is 1. The summed E-state index contributed by atoms with van der Waals surface area (Å²) >= 11 is 3.45. The first-order chi connectivity index (χ1) is 9.19. The van der Waals surface area contributed by atoms with E-state index in [1.807, 2.05) is 16.2 Å². The lowest BCUT2D eigenvalue weighted by atomic mass is 10.1. The summed E-state index contributed by atoms with van der Waals surface area (Å²) in [6.45, 7) is 5.87. The molecular formula is C15H17NOS2. The summed E-state index contributed by atoms with van der Waals surface area (Å²) in [7, 11) is 0. The van der Waals surface area contributed by atoms with Crippen LogP contribution in [0, 0.1) is 6.92 Å². The molecule has 0 radical (unpaired) electrons. The highest BCUT2D eigenvalue weighted by molar-refractivity contribution is 7.14. The second kappa shape index (κ2) is 5.10. The van der Waals surface area contributed by atoms with Crippen molar-refractivity contribution in [2.45, 2.75) is 33.2 Å². The maximum atomic E-state index is 12.6. The summed E-state index contributed by atoms with van der Waals surface area (Å²) in [5, 5.41) is 2.13. The van der Waals surface area contributed by atoms with Gasteiger partial charge in [0.15, 0.2) is 0 Å². The number of amides is 1. The van der Waals surface area contributed by atoms with Gasteiger partial charge in [-0.05, 0) is 48.4 Å². The Bertz CT molecular complexity index is 611. The molecule has 100 valence electrons. The number of hydrogen-bond donors (Lipinski definition) is 0. The van der Waals surface area contributed by atoms with Crippen molar-refractivity contribution in [2.24, 2.45) is 0 Å². The molecule has 1 aliphatic heterocycles. The molecule has 0 bridgehead atoms. The first-order valence-electron chi connectivity index (χ1n) is 6.63. The number of carbonyl (C=O) groups excluding carboxylic acids is 1. The molecule has 0 unspecified atom stereocenters. The van der Waals surface area contributed by atoms with Gasteiger partial charge in [0.1, 0.15) is 0 Å². The Hall–Kier alpha value is -1.13. The lowest BCUT2D eigenvalue weighted by molar-refractivity contribution is 0.0740. The normalized spacial score (nSPS) is 14.5. The molecule has 2 aromatic heterocycles. The largest absolute Gasteiger partial charge is 0.333 e. The Morgan fingerprint density at radius 2 is 2.32 bits per heavy atom. The SMILES string of the molecule is CCc1cc(C(=O)N2CCc3sccc3C2)sc1C. The molecule has 3 heterocycles. The van der Waals surface area contributed by atoms with E-state index in [-0.39, 0.29) is 5.91 Å². The van der Waals surface area contributed by atoms with E-state index < -0.39 is 0 Å². The van der Waals surface area contributed by atoms with Crippen LogP contribution in [0.1, 0.15) is 37.5 Å². The molecule has 0 saturated carbocycles. The zero-order valence-electron chi connectivity index (χ0n) is 11.2. The van der Waals surface area contributed by atoms with Gasteiger partial charge in [-0.15, -0.1) is 22.7 Å². The Balaban J connectivity index is 1.81. The van der Waals surface area contributed by atoms with Crippen LogP contribution in [0.5, 0.6) is 0 Å². The molecular weight excluding hydrogens is 274 g/mol. The van der Waals surface area contributed by atoms with Crippen LogP contribution in [0.25, 0.3) is 0 Å². The van der Waals surface area contributed by atoms with Crippen LogP contribution in [0.3, 0.4) is 0 Å². The standard InChI is InChI=1S/C15H17NOS2/c1-3-11-8-14(19-10(11)2)15(17)16-6-4-13-12(9-16)5-7-18-13/h5,7-8H,3-4,6,9H2,1-2H3. The van der Waals surface area contributed by atoms with Crippen molar-refractivity contribution < 1.29 is 4.79 Å². The quantitative estimate of drug-likeness (QED) is 0.822. The van der Waals surface area contributed by atoms with Crippen LogP contribution >= 0.6 is 22.7 Å². The van der Waals surface area contributed by atoms with Crippen LogP contribution < -0.4 is 0 Å². The second-order valence-electron chi connectivity index (χ2n) is 4.89. The average molecular weight is 291 g/mol. The lowest BCUT2D eigenvalue weighted by Crippen LogP contribution is -2.34. The van der Waals surface area contributed by atoms with E-state index in [1.54, 1.807) is 11.3 Å². The maximum Gasteiger partial charge on any atom is 0.264 e. The number of rotatable bonds is 2. The summed E-state index contributed by atoms with van der Waals surface area (Å²) < 4.78 is 0. The zero-order chi connectivity index (χ0) is 13.4. The van der Waals surface area contributed by atoms with Gasteiger partial charge in [-0.2, -0.15) is 0 Å². The summed E-state index contributed by atoms with van der Waals surface area (Å²) in [6, 6.07) is 4.22. The third-order valence-corrected chi connectivity index (χ3v) is 5.81. The summed E-state index contributed by atoms with van der Waals surface area (Å²) in [5.74, 6) is 0.199. The van der Waals surface area contributed by atoms with Crippen LogP contribution in [0.2, 0.25) is 0 Å². The lowest BCUT2D eigenvalue weighted by Gasteiger charge is -2.26. The number of aryl methyl sites for hydroxylation is 2. The van der Waals surface area contributed by atoms with Gasteiger partial charge in [0.2, 0.25) is 0 Å². The van der Waals surface area contributed by atoms with Crippen molar-refractivity contribution in [3.8, 4) is 0 Å². The van der Waals surface area contributed by atoms with Gasteiger partial charge in [0.05, 0.1) is 4.88 Å². The second-order valence-corrected chi connectivity index (χ2v) is 7.15. The molecule has 0 N–H and O–H groups in total. The van der Waals surface area contributed by atoms with Crippen molar-refractivity contribution in [1.29, 1.82) is 0 Å². The summed E-state index contributed by atoms with van der Waals surface area (Å²) in [5.41, 5.74) is 2.63. The van der Waals surface area contributed by atoms with Crippen LogP contribution in [0.4, 0.5) is 0 Å². The molecule has 0 aliphatic carbocycles. The van der Waals surface area contributed by atoms with Crippen LogP contribution in [0.15, 0.2) is 17.5 Å². The van der Waals surface area contributed by atoms with Crippen molar-refractivity contribution in [1.82, 2.24) is 4.90 Å². The van der Waals surface area contributed by atoms with Gasteiger partial charge in [0.25, 0.3) is 5.91 Å². The molecule has 0 fully saturated rings. The molecule has 19 heavy (non-hydrogen) atoms. The first kappa shape index (κ1) is 12.9. The van der Waals surface area contributed by atoms with Crippen molar-refractivity contribution in [3.63, 3.8) is 0 Å². The fourth-order valence-corrected chi connectivity index (χ4v) is 4.53. The van der Waals surface area contributed by atoms with Gasteiger partial charge >= 0.3 is 0 Å². The Morgan fingerprint density at radius 3 is 3.05 bits per heavy atom. The molecule has 0 aromatic carbocycles. The van der Waals surface area contributed by atoms with E-state index in [0.29, 0.717) is 0 Å². The number of hydrogen-bond acceptors (Lipinski definition) is 3. The predicted molar refractivity (Wildman–Crippen MR) is 81.2 cm³/mol. The summed E-state index contributed by atoms with van der Waals surface area (Å²) in [6.07, 6.45) is 2.01. The fourth-order valence-electron chi connectivity index (χ4n) is 2.55. The van der Waals surface area contributed by atoms with Gasteiger partial charge in [-0.3, -0.25) is 4.79 Å². The topological polar surface area (TPSA) is 20.3 Å². The smallest absolute Gasteiger partial charge is 0.264 e. The predicted octanol–water partition coefficient (Wildman–Crippen LogP) is 3.88. The van der Waals surface area contributed by atoms with E-state index in [1.165, 1.54) is 20.9 Å². The average Bonchev–Trinajstić information content (AvgIpc) is 3.02. The molecule has 2 nitrogen and oxygen atoms in total. The third kappa shape index (κ3) is 2.35. The molecule has 0 atom stereocenters. The Morgan fingerprint density at radius 1 is 1.47 bits per heavy atom. The highest BCUT2D eigenvalue weighted by atomic mass is 32.1. The molecule has 1 amide bonds. The number of thiophene rings is 2. The highest BCUT2D eigenvalue weighted by Gasteiger charge is 2.23. The van der Waals surface area contributed by atoms with Gasteiger partial charge in [0, 0.05) is 22.8 Å². The Labute approximate surface area is 121 Å². The van der Waals surface area contributed by atoms with E-state index in [9.17, 15) is 4.79 Å². The van der Waals surface area contributed by atoms with Gasteiger partial charge in [-0.25, -0.2) is 0 Å². The zero-order valence-corrected chi connectivity index (χ0v) is 12.9. The first-order valence-corrected chi connectivity index (χ1v) is 8.32. The van der Waals surface area contributed by atoms with E-state index in [0.717, 1.165) is 30.8 Å². The van der Waals surface area contributed by atoms with Gasteiger partial charge < -0.3 is 4.90 Å². The fraction of sp³-hybridized carbons (Fsp3) is 0.400. The molecule has 0 spiro atoms. The van der Waals surface area contributed by atoms with E-state index in [2.05, 4.69) is 31.4 Å². The third-order valence-electron chi connectivity index (χ3n) is 3.71. The van der Waals surface area contributed by atoms with Crippen molar-refractivity contribution >= 4 is 28.6 Å². The van der Waals surface area contributed by atoms with Crippen molar-refractivity contribution in [3.05, 3.63) is 43.3 Å². The maximum absolute atomic E-state index is 12.6. The van der Waals surface area contributed by atoms with Crippen LogP contribution in [-0.2, 0) is 19.4 Å². The minimum absolute atomic E-state index is 0.199. The van der Waals surface area contributed by atoms with E-state index in [4.69, 9.17) is 0 Å². The highest BCUT2D eigenvalue weighted by Crippen LogP contribution is 2.28. The molecule has 0 saturated heterocycles. The number of fused-ring (bicyclic) bond motifs is 1. The number of nitrogens with zero attached hydrogens (tertiary/aromatic N) is 1. The summed E-state index contributed by atoms with van der Waals surface area (Å²) in [4.78, 5) is 18.2. The minimum Gasteiger partial charge on any atom is -0.333 e. The van der Waals surface area contributed by atoms with Crippen LogP contribution in [-0.4, -0.2) is 17.4 Å². The van der Waals surface area contributed by atoms with E-state index >= 15 is 0 Å².